The van der Waals surface area contributed by atoms with Crippen molar-refractivity contribution in [1.82, 2.24) is 10.0 Å². The molecule has 0 bridgehead atoms. The summed E-state index contributed by atoms with van der Waals surface area (Å²) in [6.45, 7) is 4.60. The Morgan fingerprint density at radius 1 is 1.29 bits per heavy atom. The fraction of sp³-hybridized carbons (Fsp3) is 0.571. The minimum absolute atomic E-state index is 0.256. The van der Waals surface area contributed by atoms with Crippen LogP contribution in [-0.2, 0) is 16.6 Å². The summed E-state index contributed by atoms with van der Waals surface area (Å²) < 4.78 is 42.0. The number of sulfonamides is 1. The zero-order chi connectivity index (χ0) is 16.0. The summed E-state index contributed by atoms with van der Waals surface area (Å²) in [4.78, 5) is -0.312. The third-order valence-corrected chi connectivity index (χ3v) is 5.33. The molecule has 0 saturated carbocycles. The van der Waals surface area contributed by atoms with E-state index < -0.39 is 15.8 Å². The van der Waals surface area contributed by atoms with Crippen LogP contribution in [0.1, 0.15) is 32.3 Å². The average molecular weight is 381 g/mol. The van der Waals surface area contributed by atoms with Crippen LogP contribution in [0, 0.1) is 11.7 Å². The minimum Gasteiger partial charge on any atom is -0.316 e. The van der Waals surface area contributed by atoms with Gasteiger partial charge in [-0.1, -0.05) is 42.6 Å². The first-order valence-corrected chi connectivity index (χ1v) is 9.25. The lowest BCUT2D eigenvalue weighted by Gasteiger charge is -2.15. The zero-order valence-corrected chi connectivity index (χ0v) is 14.9. The van der Waals surface area contributed by atoms with Crippen LogP contribution in [0.25, 0.3) is 0 Å². The minimum atomic E-state index is -3.85. The van der Waals surface area contributed by atoms with E-state index in [1.54, 1.807) is 13.1 Å². The molecular weight excluding hydrogens is 359 g/mol. The van der Waals surface area contributed by atoms with Gasteiger partial charge in [0.2, 0.25) is 10.0 Å². The Labute approximate surface area is 134 Å². The van der Waals surface area contributed by atoms with Gasteiger partial charge in [-0.15, -0.1) is 0 Å². The molecule has 2 N–H and O–H groups in total. The third-order valence-electron chi connectivity index (χ3n) is 3.45. The second-order valence-electron chi connectivity index (χ2n) is 4.94. The number of hydrogen-bond acceptors (Lipinski definition) is 3. The van der Waals surface area contributed by atoms with E-state index in [2.05, 4.69) is 26.0 Å². The van der Waals surface area contributed by atoms with E-state index in [1.807, 2.05) is 13.8 Å². The maximum atomic E-state index is 14.3. The molecule has 0 aliphatic rings. The summed E-state index contributed by atoms with van der Waals surface area (Å²) in [6.07, 6.45) is 1.76. The monoisotopic (exact) mass is 380 g/mol. The standard InChI is InChI=1S/C14H22BrFN2O2S/c1-4-10(5-2)8-18-21(19,20)13-7-12(15)6-11(9-17-3)14(13)16/h6-7,10,17-18H,4-5,8-9H2,1-3H3. The average Bonchev–Trinajstić information content (AvgIpc) is 2.43. The van der Waals surface area contributed by atoms with E-state index >= 15 is 0 Å². The van der Waals surface area contributed by atoms with Crippen molar-refractivity contribution in [3.05, 3.63) is 28.0 Å². The van der Waals surface area contributed by atoms with E-state index in [9.17, 15) is 12.8 Å². The zero-order valence-electron chi connectivity index (χ0n) is 12.5. The molecule has 4 nitrogen and oxygen atoms in total. The van der Waals surface area contributed by atoms with Crippen molar-refractivity contribution in [2.45, 2.75) is 38.1 Å². The van der Waals surface area contributed by atoms with Gasteiger partial charge in [-0.2, -0.15) is 0 Å². The van der Waals surface area contributed by atoms with Gasteiger partial charge in [0.05, 0.1) is 0 Å². The van der Waals surface area contributed by atoms with Crippen molar-refractivity contribution in [3.63, 3.8) is 0 Å². The second kappa shape index (κ2) is 8.22. The number of rotatable bonds is 8. The van der Waals surface area contributed by atoms with Crippen molar-refractivity contribution in [2.24, 2.45) is 5.92 Å². The van der Waals surface area contributed by atoms with Crippen LogP contribution in [-0.4, -0.2) is 22.0 Å². The van der Waals surface area contributed by atoms with E-state index in [1.165, 1.54) is 6.07 Å². The van der Waals surface area contributed by atoms with Gasteiger partial charge in [0.25, 0.3) is 0 Å². The molecule has 0 unspecified atom stereocenters. The number of benzene rings is 1. The van der Waals surface area contributed by atoms with Gasteiger partial charge in [0.15, 0.2) is 0 Å². The Bertz CT molecular complexity index is 575. The lowest BCUT2D eigenvalue weighted by molar-refractivity contribution is 0.476. The highest BCUT2D eigenvalue weighted by Gasteiger charge is 2.22. The van der Waals surface area contributed by atoms with E-state index in [4.69, 9.17) is 0 Å². The molecule has 1 rings (SSSR count). The quantitative estimate of drug-likeness (QED) is 0.728. The second-order valence-corrected chi connectivity index (χ2v) is 7.59. The first-order chi connectivity index (χ1) is 9.85. The maximum Gasteiger partial charge on any atom is 0.243 e. The van der Waals surface area contributed by atoms with Crippen LogP contribution in [0.3, 0.4) is 0 Å². The molecule has 120 valence electrons. The third kappa shape index (κ3) is 5.02. The first-order valence-electron chi connectivity index (χ1n) is 6.97. The lowest BCUT2D eigenvalue weighted by Crippen LogP contribution is -2.30. The highest BCUT2D eigenvalue weighted by Crippen LogP contribution is 2.24. The van der Waals surface area contributed by atoms with Gasteiger partial charge in [0.1, 0.15) is 10.7 Å². The lowest BCUT2D eigenvalue weighted by atomic mass is 10.0. The molecule has 0 aromatic heterocycles. The molecule has 0 aliphatic carbocycles. The number of hydrogen-bond donors (Lipinski definition) is 2. The van der Waals surface area contributed by atoms with E-state index in [-0.39, 0.29) is 17.4 Å². The molecule has 0 radical (unpaired) electrons. The van der Waals surface area contributed by atoms with E-state index in [0.717, 1.165) is 12.8 Å². The van der Waals surface area contributed by atoms with Crippen LogP contribution in [0.2, 0.25) is 0 Å². The molecule has 0 atom stereocenters. The highest BCUT2D eigenvalue weighted by atomic mass is 79.9. The predicted octanol–water partition coefficient (Wildman–Crippen LogP) is 3.02. The Morgan fingerprint density at radius 2 is 1.90 bits per heavy atom. The summed E-state index contributed by atoms with van der Waals surface area (Å²) in [6, 6.07) is 2.87. The summed E-state index contributed by atoms with van der Waals surface area (Å²) in [5, 5.41) is 2.82. The summed E-state index contributed by atoms with van der Waals surface area (Å²) in [5.74, 6) is -0.448. The predicted molar refractivity (Wildman–Crippen MR) is 86.1 cm³/mol. The molecule has 21 heavy (non-hydrogen) atoms. The fourth-order valence-electron chi connectivity index (χ4n) is 2.02. The molecule has 0 heterocycles. The summed E-state index contributed by atoms with van der Waals surface area (Å²) in [5.41, 5.74) is 0.315. The smallest absolute Gasteiger partial charge is 0.243 e. The molecule has 1 aromatic rings. The molecule has 0 spiro atoms. The Hall–Kier alpha value is -0.500. The van der Waals surface area contributed by atoms with Crippen molar-refractivity contribution >= 4 is 26.0 Å². The Balaban J connectivity index is 3.07. The Morgan fingerprint density at radius 3 is 2.43 bits per heavy atom. The molecule has 1 aromatic carbocycles. The van der Waals surface area contributed by atoms with Gasteiger partial charge in [0, 0.05) is 23.1 Å². The van der Waals surface area contributed by atoms with Gasteiger partial charge in [-0.05, 0) is 25.1 Å². The van der Waals surface area contributed by atoms with Crippen LogP contribution in [0.5, 0.6) is 0 Å². The van der Waals surface area contributed by atoms with Crippen molar-refractivity contribution in [2.75, 3.05) is 13.6 Å². The number of halogens is 2. The van der Waals surface area contributed by atoms with Crippen LogP contribution < -0.4 is 10.0 Å². The van der Waals surface area contributed by atoms with Gasteiger partial charge in [-0.3, -0.25) is 0 Å². The largest absolute Gasteiger partial charge is 0.316 e. The topological polar surface area (TPSA) is 58.2 Å². The van der Waals surface area contributed by atoms with Crippen molar-refractivity contribution in [1.29, 1.82) is 0 Å². The molecular formula is C14H22BrFN2O2S. The summed E-state index contributed by atoms with van der Waals surface area (Å²) in [7, 11) is -2.17. The molecule has 0 saturated heterocycles. The first kappa shape index (κ1) is 18.5. The summed E-state index contributed by atoms with van der Waals surface area (Å²) >= 11 is 3.23. The molecule has 0 aliphatic heterocycles. The van der Waals surface area contributed by atoms with Crippen molar-refractivity contribution < 1.29 is 12.8 Å². The van der Waals surface area contributed by atoms with Crippen molar-refractivity contribution in [3.8, 4) is 0 Å². The van der Waals surface area contributed by atoms with Crippen LogP contribution in [0.4, 0.5) is 4.39 Å². The SMILES string of the molecule is CCC(CC)CNS(=O)(=O)c1cc(Br)cc(CNC)c1F. The van der Waals surface area contributed by atoms with Gasteiger partial charge >= 0.3 is 0 Å². The maximum absolute atomic E-state index is 14.3. The number of nitrogens with one attached hydrogen (secondary N) is 2. The van der Waals surface area contributed by atoms with Crippen LogP contribution in [0.15, 0.2) is 21.5 Å². The fourth-order valence-corrected chi connectivity index (χ4v) is 3.93. The highest BCUT2D eigenvalue weighted by molar-refractivity contribution is 9.10. The normalized spacial score (nSPS) is 12.1. The molecule has 0 fully saturated rings. The molecule has 0 amide bonds. The molecule has 7 heteroatoms. The Kier molecular flexibility index (Phi) is 7.26. The van der Waals surface area contributed by atoms with Gasteiger partial charge < -0.3 is 5.32 Å². The van der Waals surface area contributed by atoms with E-state index in [0.29, 0.717) is 16.6 Å². The van der Waals surface area contributed by atoms with Gasteiger partial charge in [-0.25, -0.2) is 17.5 Å². The van der Waals surface area contributed by atoms with Crippen LogP contribution >= 0.6 is 15.9 Å².